The molecule has 48 heavy (non-hydrogen) atoms. The number of hydrogen-bond acceptors (Lipinski definition) is 8. The van der Waals surface area contributed by atoms with E-state index in [9.17, 15) is 35.1 Å². The summed E-state index contributed by atoms with van der Waals surface area (Å²) in [5, 5.41) is 57.8. The topological polar surface area (TPSA) is 151 Å². The molecule has 9 heteroatoms. The zero-order valence-electron chi connectivity index (χ0n) is 29.2. The van der Waals surface area contributed by atoms with Crippen molar-refractivity contribution in [3.8, 4) is 5.75 Å². The van der Waals surface area contributed by atoms with E-state index in [0.717, 1.165) is 17.6 Å². The number of aryl methyl sites for hydroxylation is 1. The van der Waals surface area contributed by atoms with E-state index in [0.29, 0.717) is 69.5 Å². The number of carbonyl (C=O) groups is 2. The van der Waals surface area contributed by atoms with Gasteiger partial charge < -0.3 is 35.2 Å². The molecule has 3 saturated carbocycles. The highest BCUT2D eigenvalue weighted by molar-refractivity contribution is 5.96. The number of phenolic OH excluding ortho intramolecular Hbond substituents is 1. The molecule has 5 fully saturated rings. The number of aliphatic hydroxyl groups excluding tert-OH is 2. The molecular formula is C39H55NO8. The van der Waals surface area contributed by atoms with Gasteiger partial charge in [0.2, 0.25) is 5.91 Å². The van der Waals surface area contributed by atoms with Crippen molar-refractivity contribution in [3.05, 3.63) is 35.4 Å². The number of allylic oxidation sites excluding steroid dienone is 1. The number of ether oxygens (including phenoxy) is 1. The Labute approximate surface area is 284 Å². The average Bonchev–Trinajstić information content (AvgIpc) is 3.62. The summed E-state index contributed by atoms with van der Waals surface area (Å²) in [6.45, 7) is 11.0. The molecule has 5 N–H and O–H groups in total. The smallest absolute Gasteiger partial charge is 0.227 e. The van der Waals surface area contributed by atoms with Gasteiger partial charge in [0.1, 0.15) is 11.9 Å². The lowest BCUT2D eigenvalue weighted by Gasteiger charge is -2.61. The fraction of sp³-hybridized carbons (Fsp3) is 0.744. The maximum atomic E-state index is 13.9. The highest BCUT2D eigenvalue weighted by Gasteiger charge is 2.72. The van der Waals surface area contributed by atoms with Crippen LogP contribution >= 0.6 is 0 Å². The van der Waals surface area contributed by atoms with Crippen LogP contribution in [0.4, 0.5) is 5.69 Å². The van der Waals surface area contributed by atoms with Gasteiger partial charge >= 0.3 is 0 Å². The first kappa shape index (κ1) is 34.2. The summed E-state index contributed by atoms with van der Waals surface area (Å²) in [6.07, 6.45) is 4.44. The molecule has 12 atom stereocenters. The van der Waals surface area contributed by atoms with Crippen molar-refractivity contribution >= 4 is 17.4 Å². The number of aromatic hydroxyl groups is 1. The predicted octanol–water partition coefficient (Wildman–Crippen LogP) is 4.45. The second-order valence-electron chi connectivity index (χ2n) is 17.2. The Kier molecular flexibility index (Phi) is 8.27. The van der Waals surface area contributed by atoms with Crippen molar-refractivity contribution < 1.29 is 39.9 Å². The molecule has 9 nitrogen and oxygen atoms in total. The molecule has 2 aliphatic heterocycles. The number of epoxide rings is 1. The molecule has 0 spiro atoms. The Morgan fingerprint density at radius 3 is 2.50 bits per heavy atom. The zero-order chi connectivity index (χ0) is 34.6. The lowest BCUT2D eigenvalue weighted by Crippen LogP contribution is -2.63. The quantitative estimate of drug-likeness (QED) is 0.256. The molecule has 0 aromatic heterocycles. The van der Waals surface area contributed by atoms with Crippen LogP contribution < -0.4 is 4.90 Å². The third-order valence-electron chi connectivity index (χ3n) is 14.4. The maximum absolute atomic E-state index is 13.9. The molecule has 4 aliphatic carbocycles. The molecular weight excluding hydrogens is 610 g/mol. The number of rotatable bonds is 8. The van der Waals surface area contributed by atoms with Crippen LogP contribution in [0.2, 0.25) is 0 Å². The summed E-state index contributed by atoms with van der Waals surface area (Å²) in [6, 6.07) is 5.31. The summed E-state index contributed by atoms with van der Waals surface area (Å²) in [5.41, 5.74) is -1.73. The average molecular weight is 666 g/mol. The molecule has 7 rings (SSSR count). The largest absolute Gasteiger partial charge is 0.508 e. The van der Waals surface area contributed by atoms with E-state index in [2.05, 4.69) is 20.8 Å². The number of carbonyl (C=O) groups excluding carboxylic acids is 2. The van der Waals surface area contributed by atoms with Crippen LogP contribution in [-0.2, 0) is 20.7 Å². The van der Waals surface area contributed by atoms with E-state index in [1.807, 2.05) is 19.9 Å². The van der Waals surface area contributed by atoms with Gasteiger partial charge in [-0.15, -0.1) is 0 Å². The second kappa shape index (κ2) is 11.6. The SMILES string of the molecule is CC(C)C(C)C1OC1C(C)(O)C1CCC2(O)C3=CC(=O)C4CC(O)C(O)CC4(C)C3CCC12CCc1cc(O)cc(N2CCCC2=O)c1. The second-order valence-corrected chi connectivity index (χ2v) is 17.2. The van der Waals surface area contributed by atoms with Gasteiger partial charge in [-0.3, -0.25) is 9.59 Å². The van der Waals surface area contributed by atoms with Crippen LogP contribution in [0, 0.1) is 40.4 Å². The molecule has 0 radical (unpaired) electrons. The first-order valence-electron chi connectivity index (χ1n) is 18.4. The standard InChI is InChI=1S/C39H55NO8/c1-21(2)22(3)34-35(48-34)37(5,46)32-10-13-39(47)27-18-29(42)28-19-30(43)31(44)20-36(28,4)26(27)9-12-38(32,39)11-8-23-15-24(17-25(41)16-23)40-14-6-7-33(40)45/h15-18,21-22,26,28,30-32,34-35,41,43-44,46-47H,6-14,19-20H2,1-5H3. The number of ketones is 1. The molecule has 2 saturated heterocycles. The first-order chi connectivity index (χ1) is 22.5. The minimum absolute atomic E-state index is 0.0420. The highest BCUT2D eigenvalue weighted by atomic mass is 16.6. The van der Waals surface area contributed by atoms with E-state index < -0.39 is 40.2 Å². The monoisotopic (exact) mass is 665 g/mol. The third kappa shape index (κ3) is 5.04. The van der Waals surface area contributed by atoms with Crippen molar-refractivity contribution in [3.63, 3.8) is 0 Å². The molecule has 264 valence electrons. The maximum Gasteiger partial charge on any atom is 0.227 e. The van der Waals surface area contributed by atoms with Crippen LogP contribution in [0.25, 0.3) is 0 Å². The van der Waals surface area contributed by atoms with Gasteiger partial charge in [-0.2, -0.15) is 0 Å². The van der Waals surface area contributed by atoms with Gasteiger partial charge in [0.15, 0.2) is 5.78 Å². The minimum atomic E-state index is -1.37. The fourth-order valence-corrected chi connectivity index (χ4v) is 11.4. The van der Waals surface area contributed by atoms with Crippen molar-refractivity contribution in [1.29, 1.82) is 0 Å². The van der Waals surface area contributed by atoms with E-state index in [4.69, 9.17) is 4.74 Å². The number of nitrogens with zero attached hydrogens (tertiary/aromatic N) is 1. The fourth-order valence-electron chi connectivity index (χ4n) is 11.4. The number of aliphatic hydroxyl groups is 4. The molecule has 0 bridgehead atoms. The minimum Gasteiger partial charge on any atom is -0.508 e. The van der Waals surface area contributed by atoms with Gasteiger partial charge in [0.25, 0.3) is 0 Å². The number of amides is 1. The van der Waals surface area contributed by atoms with Gasteiger partial charge in [-0.05, 0) is 123 Å². The highest BCUT2D eigenvalue weighted by Crippen LogP contribution is 2.70. The molecule has 6 aliphatic rings. The Hall–Kier alpha value is -2.30. The van der Waals surface area contributed by atoms with E-state index in [1.165, 1.54) is 0 Å². The van der Waals surface area contributed by atoms with Crippen LogP contribution in [0.15, 0.2) is 29.8 Å². The van der Waals surface area contributed by atoms with Crippen LogP contribution in [0.3, 0.4) is 0 Å². The van der Waals surface area contributed by atoms with Crippen molar-refractivity contribution in [2.45, 2.75) is 134 Å². The first-order valence-corrected chi connectivity index (χ1v) is 18.4. The Bertz CT molecular complexity index is 1500. The number of hydrogen-bond donors (Lipinski definition) is 5. The molecule has 1 aromatic rings. The summed E-state index contributed by atoms with van der Waals surface area (Å²) in [5.74, 6) is -0.193. The van der Waals surface area contributed by atoms with Crippen molar-refractivity contribution in [2.75, 3.05) is 11.4 Å². The van der Waals surface area contributed by atoms with E-state index in [-0.39, 0.29) is 53.8 Å². The lowest BCUT2D eigenvalue weighted by atomic mass is 9.44. The van der Waals surface area contributed by atoms with Crippen molar-refractivity contribution in [1.82, 2.24) is 0 Å². The van der Waals surface area contributed by atoms with Gasteiger partial charge in [0, 0.05) is 36.1 Å². The van der Waals surface area contributed by atoms with Crippen molar-refractivity contribution in [2.24, 2.45) is 40.4 Å². The van der Waals surface area contributed by atoms with E-state index >= 15 is 0 Å². The Balaban J connectivity index is 1.27. The van der Waals surface area contributed by atoms with Gasteiger partial charge in [-0.1, -0.05) is 27.7 Å². The van der Waals surface area contributed by atoms with Gasteiger partial charge in [-0.25, -0.2) is 0 Å². The number of benzene rings is 1. The molecule has 1 amide bonds. The van der Waals surface area contributed by atoms with Crippen LogP contribution in [0.1, 0.15) is 98.0 Å². The normalized spacial score (nSPS) is 42.6. The van der Waals surface area contributed by atoms with Crippen LogP contribution in [-0.4, -0.2) is 79.4 Å². The van der Waals surface area contributed by atoms with Gasteiger partial charge in [0.05, 0.1) is 29.5 Å². The van der Waals surface area contributed by atoms with E-state index in [1.54, 1.807) is 23.1 Å². The predicted molar refractivity (Wildman–Crippen MR) is 180 cm³/mol. The summed E-state index contributed by atoms with van der Waals surface area (Å²) < 4.78 is 6.25. The Morgan fingerprint density at radius 2 is 1.81 bits per heavy atom. The molecule has 1 aromatic carbocycles. The number of anilines is 1. The summed E-state index contributed by atoms with van der Waals surface area (Å²) >= 11 is 0. The zero-order valence-corrected chi connectivity index (χ0v) is 29.2. The number of phenols is 1. The molecule has 2 heterocycles. The van der Waals surface area contributed by atoms with Crippen LogP contribution in [0.5, 0.6) is 5.75 Å². The number of fused-ring (bicyclic) bond motifs is 5. The summed E-state index contributed by atoms with van der Waals surface area (Å²) in [7, 11) is 0. The third-order valence-corrected chi connectivity index (χ3v) is 14.4. The molecule has 12 unspecified atom stereocenters. The lowest BCUT2D eigenvalue weighted by molar-refractivity contribution is -0.168. The summed E-state index contributed by atoms with van der Waals surface area (Å²) in [4.78, 5) is 28.1. The Morgan fingerprint density at radius 1 is 1.06 bits per heavy atom.